The van der Waals surface area contributed by atoms with Crippen LogP contribution in [-0.4, -0.2) is 47.9 Å². The number of carboxylic acid groups (broad SMARTS) is 1. The molecule has 1 aromatic carbocycles. The summed E-state index contributed by atoms with van der Waals surface area (Å²) >= 11 is 4.33. The van der Waals surface area contributed by atoms with E-state index in [1.165, 1.54) is 23.9 Å². The van der Waals surface area contributed by atoms with E-state index in [0.717, 1.165) is 10.4 Å². The first-order valence-electron chi connectivity index (χ1n) is 5.61. The highest BCUT2D eigenvalue weighted by atomic mass is 79.9. The lowest BCUT2D eigenvalue weighted by molar-refractivity contribution is -0.140. The summed E-state index contributed by atoms with van der Waals surface area (Å²) < 4.78 is 39.4. The molecule has 5 nitrogen and oxygen atoms in total. The van der Waals surface area contributed by atoms with Gasteiger partial charge in [0.2, 0.25) is 10.0 Å². The molecule has 0 aromatic heterocycles. The van der Waals surface area contributed by atoms with E-state index in [-0.39, 0.29) is 21.7 Å². The van der Waals surface area contributed by atoms with Crippen molar-refractivity contribution in [3.05, 3.63) is 28.5 Å². The minimum absolute atomic E-state index is 0.0989. The molecule has 0 radical (unpaired) electrons. The maximum atomic E-state index is 13.5. The van der Waals surface area contributed by atoms with Gasteiger partial charge in [-0.25, -0.2) is 12.8 Å². The van der Waals surface area contributed by atoms with E-state index in [1.54, 1.807) is 0 Å². The number of carboxylic acids is 1. The topological polar surface area (TPSA) is 74.7 Å². The van der Waals surface area contributed by atoms with Crippen LogP contribution < -0.4 is 0 Å². The van der Waals surface area contributed by atoms with Crippen molar-refractivity contribution in [2.24, 2.45) is 0 Å². The number of nitrogens with zero attached hydrogens (tertiary/aromatic N) is 1. The number of halogens is 2. The fourth-order valence-electron chi connectivity index (χ4n) is 1.84. The van der Waals surface area contributed by atoms with Crippen molar-refractivity contribution in [2.75, 3.05) is 18.1 Å². The first kappa shape index (κ1) is 15.7. The lowest BCUT2D eigenvalue weighted by atomic mass is 10.3. The van der Waals surface area contributed by atoms with Crippen molar-refractivity contribution in [2.45, 2.75) is 10.9 Å². The zero-order valence-electron chi connectivity index (χ0n) is 10.1. The molecule has 0 spiro atoms. The summed E-state index contributed by atoms with van der Waals surface area (Å²) in [5.41, 5.74) is 0. The Morgan fingerprint density at radius 3 is 2.80 bits per heavy atom. The summed E-state index contributed by atoms with van der Waals surface area (Å²) in [6, 6.07) is 2.31. The average molecular weight is 384 g/mol. The second kappa shape index (κ2) is 6.00. The van der Waals surface area contributed by atoms with E-state index in [9.17, 15) is 17.6 Å². The Balaban J connectivity index is 2.42. The molecular formula is C11H11BrFNO4S2. The molecule has 0 saturated carbocycles. The maximum Gasteiger partial charge on any atom is 0.322 e. The normalized spacial score (nSPS) is 20.8. The standard InChI is InChI=1S/C11H11BrFNO4S2/c12-8-2-1-7(5-9(8)13)20(17,18)14-3-4-19-6-10(14)11(15)16/h1-2,5,10H,3-4,6H2,(H,15,16). The van der Waals surface area contributed by atoms with Crippen molar-refractivity contribution in [3.8, 4) is 0 Å². The van der Waals surface area contributed by atoms with Gasteiger partial charge >= 0.3 is 5.97 Å². The zero-order chi connectivity index (χ0) is 14.9. The van der Waals surface area contributed by atoms with Gasteiger partial charge in [0.25, 0.3) is 0 Å². The van der Waals surface area contributed by atoms with E-state index in [1.807, 2.05) is 0 Å². The van der Waals surface area contributed by atoms with Crippen molar-refractivity contribution in [1.82, 2.24) is 4.31 Å². The van der Waals surface area contributed by atoms with Crippen LogP contribution in [0.5, 0.6) is 0 Å². The van der Waals surface area contributed by atoms with Gasteiger partial charge in [0, 0.05) is 18.1 Å². The number of carbonyl (C=O) groups is 1. The molecule has 0 aliphatic carbocycles. The molecule has 1 unspecified atom stereocenters. The van der Waals surface area contributed by atoms with Gasteiger partial charge in [-0.05, 0) is 34.1 Å². The number of benzene rings is 1. The molecule has 2 rings (SSSR count). The minimum Gasteiger partial charge on any atom is -0.480 e. The minimum atomic E-state index is -4.02. The van der Waals surface area contributed by atoms with Gasteiger partial charge in [0.15, 0.2) is 0 Å². The fourth-order valence-corrected chi connectivity index (χ4v) is 4.93. The molecule has 1 fully saturated rings. The molecular weight excluding hydrogens is 373 g/mol. The van der Waals surface area contributed by atoms with Gasteiger partial charge in [0.05, 0.1) is 9.37 Å². The average Bonchev–Trinajstić information content (AvgIpc) is 2.41. The maximum absolute atomic E-state index is 13.5. The molecule has 1 heterocycles. The number of hydrogen-bond acceptors (Lipinski definition) is 4. The molecule has 1 aliphatic rings. The fraction of sp³-hybridized carbons (Fsp3) is 0.364. The summed E-state index contributed by atoms with van der Waals surface area (Å²) in [5, 5.41) is 9.12. The Morgan fingerprint density at radius 1 is 1.50 bits per heavy atom. The number of aliphatic carboxylic acids is 1. The van der Waals surface area contributed by atoms with E-state index >= 15 is 0 Å². The van der Waals surface area contributed by atoms with Gasteiger partial charge in [-0.3, -0.25) is 4.79 Å². The quantitative estimate of drug-likeness (QED) is 0.860. The molecule has 20 heavy (non-hydrogen) atoms. The molecule has 1 N–H and O–H groups in total. The van der Waals surface area contributed by atoms with Crippen molar-refractivity contribution < 1.29 is 22.7 Å². The lowest BCUT2D eigenvalue weighted by Gasteiger charge is -2.31. The van der Waals surface area contributed by atoms with Crippen molar-refractivity contribution in [3.63, 3.8) is 0 Å². The third kappa shape index (κ3) is 3.00. The van der Waals surface area contributed by atoms with E-state index < -0.39 is 27.9 Å². The Kier molecular flexibility index (Phi) is 4.73. The summed E-state index contributed by atoms with van der Waals surface area (Å²) in [5.74, 6) is -1.20. The molecule has 1 aromatic rings. The predicted molar refractivity (Wildman–Crippen MR) is 76.7 cm³/mol. The van der Waals surface area contributed by atoms with Crippen molar-refractivity contribution in [1.29, 1.82) is 0 Å². The first-order chi connectivity index (χ1) is 9.34. The Hall–Kier alpha value is -0.640. The number of hydrogen-bond donors (Lipinski definition) is 1. The molecule has 9 heteroatoms. The molecule has 1 aliphatic heterocycles. The molecule has 110 valence electrons. The van der Waals surface area contributed by atoms with Gasteiger partial charge in [0.1, 0.15) is 11.9 Å². The summed E-state index contributed by atoms with van der Waals surface area (Å²) in [6.45, 7) is 0.0989. The second-order valence-electron chi connectivity index (χ2n) is 4.12. The van der Waals surface area contributed by atoms with E-state index in [0.29, 0.717) is 5.75 Å². The second-order valence-corrected chi connectivity index (χ2v) is 8.02. The highest BCUT2D eigenvalue weighted by molar-refractivity contribution is 9.10. The summed E-state index contributed by atoms with van der Waals surface area (Å²) in [6.07, 6.45) is 0. The highest BCUT2D eigenvalue weighted by Gasteiger charge is 2.38. The van der Waals surface area contributed by atoms with Crippen LogP contribution >= 0.6 is 27.7 Å². The SMILES string of the molecule is O=C(O)C1CSCCN1S(=O)(=O)c1ccc(Br)c(F)c1. The van der Waals surface area contributed by atoms with Crippen LogP contribution in [-0.2, 0) is 14.8 Å². The van der Waals surface area contributed by atoms with Crippen LogP contribution in [0.25, 0.3) is 0 Å². The largest absolute Gasteiger partial charge is 0.480 e. The Labute approximate surface area is 128 Å². The van der Waals surface area contributed by atoms with Crippen LogP contribution in [0.1, 0.15) is 0 Å². The Bertz CT molecular complexity index is 637. The van der Waals surface area contributed by atoms with Crippen LogP contribution in [0, 0.1) is 5.82 Å². The third-order valence-electron chi connectivity index (χ3n) is 2.86. The number of rotatable bonds is 3. The monoisotopic (exact) mass is 383 g/mol. The number of sulfonamides is 1. The van der Waals surface area contributed by atoms with E-state index in [4.69, 9.17) is 5.11 Å². The first-order valence-corrected chi connectivity index (χ1v) is 9.00. The number of thioether (sulfide) groups is 1. The van der Waals surface area contributed by atoms with Crippen LogP contribution in [0.4, 0.5) is 4.39 Å². The smallest absolute Gasteiger partial charge is 0.322 e. The van der Waals surface area contributed by atoms with Crippen LogP contribution in [0.15, 0.2) is 27.6 Å². The van der Waals surface area contributed by atoms with Gasteiger partial charge in [-0.15, -0.1) is 0 Å². The van der Waals surface area contributed by atoms with Gasteiger partial charge in [-0.1, -0.05) is 0 Å². The zero-order valence-corrected chi connectivity index (χ0v) is 13.3. The molecule has 0 amide bonds. The highest BCUT2D eigenvalue weighted by Crippen LogP contribution is 2.27. The van der Waals surface area contributed by atoms with Crippen molar-refractivity contribution >= 4 is 43.7 Å². The molecule has 1 atom stereocenters. The predicted octanol–water partition coefficient (Wildman–Crippen LogP) is 1.78. The molecule has 1 saturated heterocycles. The van der Waals surface area contributed by atoms with Gasteiger partial charge < -0.3 is 5.11 Å². The third-order valence-corrected chi connectivity index (χ3v) is 6.43. The summed E-state index contributed by atoms with van der Waals surface area (Å²) in [4.78, 5) is 10.9. The van der Waals surface area contributed by atoms with Crippen LogP contribution in [0.2, 0.25) is 0 Å². The Morgan fingerprint density at radius 2 is 2.20 bits per heavy atom. The van der Waals surface area contributed by atoms with Crippen LogP contribution in [0.3, 0.4) is 0 Å². The van der Waals surface area contributed by atoms with Gasteiger partial charge in [-0.2, -0.15) is 16.1 Å². The lowest BCUT2D eigenvalue weighted by Crippen LogP contribution is -2.50. The molecule has 0 bridgehead atoms. The summed E-state index contributed by atoms with van der Waals surface area (Å²) in [7, 11) is -4.02. The van der Waals surface area contributed by atoms with E-state index in [2.05, 4.69) is 15.9 Å².